The molecule has 8 heteroatoms. The van der Waals surface area contributed by atoms with E-state index in [9.17, 15) is 14.4 Å². The van der Waals surface area contributed by atoms with Crippen LogP contribution in [0.25, 0.3) is 0 Å². The van der Waals surface area contributed by atoms with Gasteiger partial charge in [0.2, 0.25) is 0 Å². The van der Waals surface area contributed by atoms with Gasteiger partial charge in [-0.25, -0.2) is 14.4 Å². The van der Waals surface area contributed by atoms with Crippen molar-refractivity contribution >= 4 is 23.7 Å². The molecule has 0 aromatic heterocycles. The molecule has 0 aliphatic carbocycles. The number of nitrogens with one attached hydrogen (secondary N) is 1. The van der Waals surface area contributed by atoms with E-state index in [-0.39, 0.29) is 12.1 Å². The summed E-state index contributed by atoms with van der Waals surface area (Å²) in [6.45, 7) is 3.88. The number of ether oxygens (including phenoxy) is 3. The van der Waals surface area contributed by atoms with Crippen LogP contribution in [0.4, 0.5) is 10.5 Å². The van der Waals surface area contributed by atoms with E-state index in [1.54, 1.807) is 49.4 Å². The van der Waals surface area contributed by atoms with Gasteiger partial charge in [-0.05, 0) is 56.3 Å². The fourth-order valence-electron chi connectivity index (χ4n) is 3.97. The van der Waals surface area contributed by atoms with Gasteiger partial charge in [0.05, 0.1) is 30.9 Å². The molecule has 2 bridgehead atoms. The molecule has 8 nitrogen and oxygen atoms in total. The maximum absolute atomic E-state index is 13.0. The zero-order valence-electron chi connectivity index (χ0n) is 16.9. The summed E-state index contributed by atoms with van der Waals surface area (Å²) in [7, 11) is 1.32. The summed E-state index contributed by atoms with van der Waals surface area (Å²) in [6, 6.07) is 11.0. The Morgan fingerprint density at radius 3 is 2.53 bits per heavy atom. The molecule has 1 saturated heterocycles. The highest BCUT2D eigenvalue weighted by Gasteiger charge is 2.50. The molecular formula is C22H22N2O6. The summed E-state index contributed by atoms with van der Waals surface area (Å²) in [5.41, 5.74) is 1.20. The van der Waals surface area contributed by atoms with Gasteiger partial charge in [-0.15, -0.1) is 0 Å². The molecule has 156 valence electrons. The van der Waals surface area contributed by atoms with Crippen LogP contribution >= 0.6 is 0 Å². The lowest BCUT2D eigenvalue weighted by Gasteiger charge is -2.50. The summed E-state index contributed by atoms with van der Waals surface area (Å²) < 4.78 is 16.0. The van der Waals surface area contributed by atoms with Gasteiger partial charge in [0, 0.05) is 17.7 Å². The SMILES string of the molecule is CCOC(=O)c1ccc(N2C(=O)NC3CC2(C)Oc2ccc(C(=O)OC)cc23)cc1. The molecule has 0 spiro atoms. The normalized spacial score (nSPS) is 21.8. The second kappa shape index (κ2) is 7.37. The predicted octanol–water partition coefficient (Wildman–Crippen LogP) is 3.42. The van der Waals surface area contributed by atoms with Gasteiger partial charge in [-0.2, -0.15) is 0 Å². The first kappa shape index (κ1) is 19.8. The van der Waals surface area contributed by atoms with E-state index >= 15 is 0 Å². The van der Waals surface area contributed by atoms with Gasteiger partial charge in [-0.1, -0.05) is 0 Å². The van der Waals surface area contributed by atoms with Gasteiger partial charge in [0.15, 0.2) is 5.72 Å². The average molecular weight is 410 g/mol. The molecule has 1 fully saturated rings. The Hall–Kier alpha value is -3.55. The number of rotatable bonds is 4. The van der Waals surface area contributed by atoms with Crippen LogP contribution in [0.5, 0.6) is 5.75 Å². The highest BCUT2D eigenvalue weighted by molar-refractivity contribution is 5.96. The minimum Gasteiger partial charge on any atom is -0.467 e. The van der Waals surface area contributed by atoms with Gasteiger partial charge < -0.3 is 19.5 Å². The topological polar surface area (TPSA) is 94.2 Å². The molecule has 0 saturated carbocycles. The number of anilines is 1. The Kier molecular flexibility index (Phi) is 4.85. The van der Waals surface area contributed by atoms with Gasteiger partial charge in [0.1, 0.15) is 5.75 Å². The number of nitrogens with zero attached hydrogens (tertiary/aromatic N) is 1. The zero-order chi connectivity index (χ0) is 21.5. The highest BCUT2D eigenvalue weighted by Crippen LogP contribution is 2.45. The van der Waals surface area contributed by atoms with E-state index in [1.165, 1.54) is 12.0 Å². The summed E-state index contributed by atoms with van der Waals surface area (Å²) in [5.74, 6) is -0.270. The van der Waals surface area contributed by atoms with Crippen molar-refractivity contribution in [3.8, 4) is 5.75 Å². The molecule has 2 heterocycles. The summed E-state index contributed by atoms with van der Waals surface area (Å²) in [5, 5.41) is 2.98. The Morgan fingerprint density at radius 2 is 1.87 bits per heavy atom. The van der Waals surface area contributed by atoms with E-state index < -0.39 is 17.7 Å². The number of carbonyl (C=O) groups is 3. The summed E-state index contributed by atoms with van der Waals surface area (Å²) in [4.78, 5) is 38.3. The van der Waals surface area contributed by atoms with Crippen LogP contribution in [0, 0.1) is 0 Å². The van der Waals surface area contributed by atoms with E-state index in [4.69, 9.17) is 14.2 Å². The van der Waals surface area contributed by atoms with Crippen LogP contribution in [0.3, 0.4) is 0 Å². The molecule has 2 aliphatic heterocycles. The van der Waals surface area contributed by atoms with E-state index in [0.717, 1.165) is 5.56 Å². The first-order valence-electron chi connectivity index (χ1n) is 9.65. The van der Waals surface area contributed by atoms with Gasteiger partial charge >= 0.3 is 18.0 Å². The molecule has 2 unspecified atom stereocenters. The molecule has 30 heavy (non-hydrogen) atoms. The van der Waals surface area contributed by atoms with Crippen molar-refractivity contribution in [1.82, 2.24) is 5.32 Å². The molecule has 2 atom stereocenters. The van der Waals surface area contributed by atoms with E-state index in [0.29, 0.717) is 35.6 Å². The number of hydrogen-bond donors (Lipinski definition) is 1. The highest BCUT2D eigenvalue weighted by atomic mass is 16.5. The Labute approximate surface area is 173 Å². The third-order valence-corrected chi connectivity index (χ3v) is 5.33. The van der Waals surface area contributed by atoms with E-state index in [1.807, 2.05) is 6.92 Å². The maximum Gasteiger partial charge on any atom is 0.338 e. The molecule has 2 aliphatic rings. The minimum atomic E-state index is -0.932. The quantitative estimate of drug-likeness (QED) is 0.777. The predicted molar refractivity (Wildman–Crippen MR) is 108 cm³/mol. The van der Waals surface area contributed by atoms with Crippen molar-refractivity contribution in [2.75, 3.05) is 18.6 Å². The smallest absolute Gasteiger partial charge is 0.338 e. The number of amides is 2. The maximum atomic E-state index is 13.0. The van der Waals surface area contributed by atoms with Crippen molar-refractivity contribution in [2.24, 2.45) is 0 Å². The summed E-state index contributed by atoms with van der Waals surface area (Å²) >= 11 is 0. The monoisotopic (exact) mass is 410 g/mol. The molecular weight excluding hydrogens is 388 g/mol. The first-order valence-corrected chi connectivity index (χ1v) is 9.65. The number of hydrogen-bond acceptors (Lipinski definition) is 6. The van der Waals surface area contributed by atoms with Crippen LogP contribution in [0.2, 0.25) is 0 Å². The van der Waals surface area contributed by atoms with Gasteiger partial charge in [0.25, 0.3) is 0 Å². The number of methoxy groups -OCH3 is 1. The molecule has 4 rings (SSSR count). The fourth-order valence-corrected chi connectivity index (χ4v) is 3.97. The van der Waals surface area contributed by atoms with Crippen molar-refractivity contribution in [3.63, 3.8) is 0 Å². The zero-order valence-corrected chi connectivity index (χ0v) is 16.9. The molecule has 2 aromatic rings. The van der Waals surface area contributed by atoms with Crippen LogP contribution in [-0.4, -0.2) is 37.4 Å². The lowest BCUT2D eigenvalue weighted by atomic mass is 9.89. The largest absolute Gasteiger partial charge is 0.467 e. The van der Waals surface area contributed by atoms with Crippen molar-refractivity contribution in [2.45, 2.75) is 32.0 Å². The Bertz CT molecular complexity index is 1020. The van der Waals surface area contributed by atoms with Crippen molar-refractivity contribution in [1.29, 1.82) is 0 Å². The fraction of sp³-hybridized carbons (Fsp3) is 0.318. The van der Waals surface area contributed by atoms with E-state index in [2.05, 4.69) is 5.32 Å². The second-order valence-electron chi connectivity index (χ2n) is 7.33. The lowest BCUT2D eigenvalue weighted by molar-refractivity contribution is 0.0377. The number of esters is 2. The lowest BCUT2D eigenvalue weighted by Crippen LogP contribution is -2.65. The Balaban J connectivity index is 1.66. The minimum absolute atomic E-state index is 0.291. The molecule has 0 radical (unpaired) electrons. The van der Waals surface area contributed by atoms with Crippen molar-refractivity contribution < 1.29 is 28.6 Å². The molecule has 2 amide bonds. The first-order chi connectivity index (χ1) is 14.4. The van der Waals surface area contributed by atoms with Crippen LogP contribution in [0.1, 0.15) is 52.6 Å². The standard InChI is InChI=1S/C22H22N2O6/c1-4-29-20(26)13-5-8-15(9-6-13)24-21(27)23-17-12-22(24,2)30-18-10-7-14(11-16(17)18)19(25)28-3/h5-11,17H,4,12H2,1-3H3,(H,23,27). The second-order valence-corrected chi connectivity index (χ2v) is 7.33. The number of fused-ring (bicyclic) bond motifs is 4. The van der Waals surface area contributed by atoms with Crippen LogP contribution < -0.4 is 15.0 Å². The third kappa shape index (κ3) is 3.24. The molecule has 2 aromatic carbocycles. The Morgan fingerprint density at radius 1 is 1.17 bits per heavy atom. The number of benzene rings is 2. The summed E-state index contributed by atoms with van der Waals surface area (Å²) in [6.07, 6.45) is 0.482. The average Bonchev–Trinajstić information content (AvgIpc) is 2.73. The third-order valence-electron chi connectivity index (χ3n) is 5.33. The van der Waals surface area contributed by atoms with Gasteiger partial charge in [-0.3, -0.25) is 4.90 Å². The molecule has 1 N–H and O–H groups in total. The number of urea groups is 1. The van der Waals surface area contributed by atoms with Crippen LogP contribution in [-0.2, 0) is 9.47 Å². The number of carbonyl (C=O) groups excluding carboxylic acids is 3. The van der Waals surface area contributed by atoms with Crippen molar-refractivity contribution in [3.05, 3.63) is 59.2 Å². The van der Waals surface area contributed by atoms with Crippen LogP contribution in [0.15, 0.2) is 42.5 Å².